The lowest BCUT2D eigenvalue weighted by atomic mass is 9.92. The molecule has 0 spiro atoms. The number of hydrogen-bond donors (Lipinski definition) is 0. The van der Waals surface area contributed by atoms with Crippen LogP contribution in [0.2, 0.25) is 5.02 Å². The van der Waals surface area contributed by atoms with Gasteiger partial charge in [-0.05, 0) is 37.1 Å². The average Bonchev–Trinajstić information content (AvgIpc) is 2.39. The third kappa shape index (κ3) is 3.50. The molecular weight excluding hydrogens is 268 g/mol. The molecule has 0 radical (unpaired) electrons. The maximum atomic E-state index is 12.2. The van der Waals surface area contributed by atoms with Crippen LogP contribution in [0.3, 0.4) is 0 Å². The third-order valence-electron chi connectivity index (χ3n) is 3.29. The van der Waals surface area contributed by atoms with E-state index in [9.17, 15) is 4.79 Å². The second-order valence-electron chi connectivity index (χ2n) is 4.53. The minimum atomic E-state index is 0.191. The number of halogens is 1. The number of thioether (sulfide) groups is 1. The Morgan fingerprint density at radius 2 is 2.17 bits per heavy atom. The van der Waals surface area contributed by atoms with Crippen LogP contribution in [0.4, 0.5) is 0 Å². The standard InChI is InChI=1S/C14H17ClO2S/c1-18-14-3-2-11(9-12(14)15)13(16)8-10-4-6-17-7-5-10/h2-3,9-10H,4-8H2,1H3. The Hall–Kier alpha value is -0.510. The smallest absolute Gasteiger partial charge is 0.163 e. The van der Waals surface area contributed by atoms with Gasteiger partial charge in [0.25, 0.3) is 0 Å². The van der Waals surface area contributed by atoms with Crippen molar-refractivity contribution in [3.63, 3.8) is 0 Å². The Labute approximate surface area is 117 Å². The molecule has 2 rings (SSSR count). The molecular formula is C14H17ClO2S. The molecule has 0 bridgehead atoms. The van der Waals surface area contributed by atoms with Crippen LogP contribution in [0.1, 0.15) is 29.6 Å². The zero-order valence-electron chi connectivity index (χ0n) is 10.4. The summed E-state index contributed by atoms with van der Waals surface area (Å²) in [6, 6.07) is 5.58. The zero-order valence-corrected chi connectivity index (χ0v) is 12.0. The molecule has 1 aromatic rings. The summed E-state index contributed by atoms with van der Waals surface area (Å²) in [5.74, 6) is 0.654. The molecule has 0 amide bonds. The van der Waals surface area contributed by atoms with E-state index in [0.717, 1.165) is 36.5 Å². The molecule has 98 valence electrons. The van der Waals surface area contributed by atoms with E-state index < -0.39 is 0 Å². The predicted octanol–water partition coefficient (Wildman–Crippen LogP) is 4.06. The van der Waals surface area contributed by atoms with Crippen LogP contribution in [0, 0.1) is 5.92 Å². The van der Waals surface area contributed by atoms with Crippen molar-refractivity contribution in [2.24, 2.45) is 5.92 Å². The number of ketones is 1. The first-order valence-corrected chi connectivity index (χ1v) is 7.75. The van der Waals surface area contributed by atoms with Crippen molar-refractivity contribution < 1.29 is 9.53 Å². The van der Waals surface area contributed by atoms with Crippen molar-refractivity contribution in [2.75, 3.05) is 19.5 Å². The third-order valence-corrected chi connectivity index (χ3v) is 4.51. The zero-order chi connectivity index (χ0) is 13.0. The van der Waals surface area contributed by atoms with Gasteiger partial charge < -0.3 is 4.74 Å². The molecule has 18 heavy (non-hydrogen) atoms. The molecule has 0 N–H and O–H groups in total. The van der Waals surface area contributed by atoms with Crippen LogP contribution in [-0.2, 0) is 4.74 Å². The van der Waals surface area contributed by atoms with Gasteiger partial charge in [0.15, 0.2) is 5.78 Å². The second-order valence-corrected chi connectivity index (χ2v) is 5.79. The van der Waals surface area contributed by atoms with Crippen molar-refractivity contribution in [1.82, 2.24) is 0 Å². The predicted molar refractivity (Wildman–Crippen MR) is 75.7 cm³/mol. The number of rotatable bonds is 4. The lowest BCUT2D eigenvalue weighted by molar-refractivity contribution is 0.0601. The molecule has 0 aromatic heterocycles. The summed E-state index contributed by atoms with van der Waals surface area (Å²) in [6.45, 7) is 1.56. The van der Waals surface area contributed by atoms with Gasteiger partial charge in [-0.15, -0.1) is 11.8 Å². The van der Waals surface area contributed by atoms with Crippen LogP contribution in [-0.4, -0.2) is 25.3 Å². The summed E-state index contributed by atoms with van der Waals surface area (Å²) in [5, 5.41) is 0.667. The summed E-state index contributed by atoms with van der Waals surface area (Å²) in [6.07, 6.45) is 4.56. The summed E-state index contributed by atoms with van der Waals surface area (Å²) >= 11 is 7.72. The molecule has 0 unspecified atom stereocenters. The number of carbonyl (C=O) groups is 1. The minimum Gasteiger partial charge on any atom is -0.381 e. The Bertz CT molecular complexity index is 428. The van der Waals surface area contributed by atoms with E-state index in [2.05, 4.69) is 0 Å². The van der Waals surface area contributed by atoms with Gasteiger partial charge in [0.2, 0.25) is 0 Å². The van der Waals surface area contributed by atoms with E-state index in [1.807, 2.05) is 18.4 Å². The highest BCUT2D eigenvalue weighted by Gasteiger charge is 2.18. The highest BCUT2D eigenvalue weighted by molar-refractivity contribution is 7.98. The van der Waals surface area contributed by atoms with Crippen LogP contribution in [0.5, 0.6) is 0 Å². The van der Waals surface area contributed by atoms with E-state index in [4.69, 9.17) is 16.3 Å². The van der Waals surface area contributed by atoms with Crippen molar-refractivity contribution in [3.05, 3.63) is 28.8 Å². The first-order valence-electron chi connectivity index (χ1n) is 6.15. The van der Waals surface area contributed by atoms with Gasteiger partial charge >= 0.3 is 0 Å². The fourth-order valence-electron chi connectivity index (χ4n) is 2.17. The van der Waals surface area contributed by atoms with Gasteiger partial charge in [-0.2, -0.15) is 0 Å². The number of Topliss-reactive ketones (excluding diaryl/α,β-unsaturated/α-hetero) is 1. The SMILES string of the molecule is CSc1ccc(C(=O)CC2CCOCC2)cc1Cl. The normalized spacial score (nSPS) is 16.8. The van der Waals surface area contributed by atoms with Crippen molar-refractivity contribution in [1.29, 1.82) is 0 Å². The van der Waals surface area contributed by atoms with E-state index >= 15 is 0 Å². The molecule has 0 aliphatic carbocycles. The van der Waals surface area contributed by atoms with Crippen LogP contribution in [0.25, 0.3) is 0 Å². The Kier molecular flexibility index (Phi) is 5.10. The van der Waals surface area contributed by atoms with E-state index in [0.29, 0.717) is 17.4 Å². The topological polar surface area (TPSA) is 26.3 Å². The minimum absolute atomic E-state index is 0.191. The summed E-state index contributed by atoms with van der Waals surface area (Å²) in [4.78, 5) is 13.2. The molecule has 0 saturated carbocycles. The number of ether oxygens (including phenoxy) is 1. The molecule has 1 heterocycles. The fourth-order valence-corrected chi connectivity index (χ4v) is 3.04. The quantitative estimate of drug-likeness (QED) is 0.616. The van der Waals surface area contributed by atoms with E-state index in [-0.39, 0.29) is 5.78 Å². The van der Waals surface area contributed by atoms with Gasteiger partial charge in [-0.25, -0.2) is 0 Å². The Morgan fingerprint density at radius 1 is 1.44 bits per heavy atom. The van der Waals surface area contributed by atoms with Crippen molar-refractivity contribution >= 4 is 29.1 Å². The van der Waals surface area contributed by atoms with Gasteiger partial charge in [0, 0.05) is 30.1 Å². The van der Waals surface area contributed by atoms with Gasteiger partial charge in [0.1, 0.15) is 0 Å². The molecule has 2 nitrogen and oxygen atoms in total. The van der Waals surface area contributed by atoms with Gasteiger partial charge in [-0.1, -0.05) is 17.7 Å². The van der Waals surface area contributed by atoms with E-state index in [1.165, 1.54) is 0 Å². The largest absolute Gasteiger partial charge is 0.381 e. The maximum absolute atomic E-state index is 12.2. The van der Waals surface area contributed by atoms with Crippen molar-refractivity contribution in [3.8, 4) is 0 Å². The van der Waals surface area contributed by atoms with Gasteiger partial charge in [0.05, 0.1) is 5.02 Å². The average molecular weight is 285 g/mol. The number of hydrogen-bond acceptors (Lipinski definition) is 3. The van der Waals surface area contributed by atoms with Gasteiger partial charge in [-0.3, -0.25) is 4.79 Å². The number of carbonyl (C=O) groups excluding carboxylic acids is 1. The second kappa shape index (κ2) is 6.60. The lowest BCUT2D eigenvalue weighted by Crippen LogP contribution is -2.18. The lowest BCUT2D eigenvalue weighted by Gasteiger charge is -2.21. The van der Waals surface area contributed by atoms with Crippen LogP contribution < -0.4 is 0 Å². The molecule has 1 saturated heterocycles. The molecule has 1 fully saturated rings. The fraction of sp³-hybridized carbons (Fsp3) is 0.500. The summed E-state index contributed by atoms with van der Waals surface area (Å²) < 4.78 is 5.30. The molecule has 1 aromatic carbocycles. The van der Waals surface area contributed by atoms with Crippen LogP contribution >= 0.6 is 23.4 Å². The monoisotopic (exact) mass is 284 g/mol. The van der Waals surface area contributed by atoms with Crippen LogP contribution in [0.15, 0.2) is 23.1 Å². The molecule has 1 aliphatic rings. The number of benzene rings is 1. The molecule has 1 aliphatic heterocycles. The van der Waals surface area contributed by atoms with Crippen molar-refractivity contribution in [2.45, 2.75) is 24.2 Å². The first-order chi connectivity index (χ1) is 8.70. The Balaban J connectivity index is 2.01. The Morgan fingerprint density at radius 3 is 2.78 bits per heavy atom. The van der Waals surface area contributed by atoms with E-state index in [1.54, 1.807) is 17.8 Å². The summed E-state index contributed by atoms with van der Waals surface area (Å²) in [7, 11) is 0. The molecule has 0 atom stereocenters. The summed E-state index contributed by atoms with van der Waals surface area (Å²) in [5.41, 5.74) is 0.726. The molecule has 4 heteroatoms. The maximum Gasteiger partial charge on any atom is 0.163 e. The highest BCUT2D eigenvalue weighted by atomic mass is 35.5. The highest BCUT2D eigenvalue weighted by Crippen LogP contribution is 2.27. The first kappa shape index (κ1) is 13.9.